The number of carbonyl (C=O) groups is 1. The summed E-state index contributed by atoms with van der Waals surface area (Å²) in [6.45, 7) is 1.40. The first-order chi connectivity index (χ1) is 11.7. The second-order valence-corrected chi connectivity index (χ2v) is 7.16. The average Bonchev–Trinajstić information content (AvgIpc) is 3.10. The number of fused-ring (bicyclic) bond motifs is 1. The molecule has 1 fully saturated rings. The molecule has 1 N–H and O–H groups in total. The number of benzene rings is 2. The maximum atomic E-state index is 13.1. The van der Waals surface area contributed by atoms with Crippen molar-refractivity contribution < 1.29 is 9.53 Å². The van der Waals surface area contributed by atoms with Crippen LogP contribution in [0.3, 0.4) is 0 Å². The Hall–Kier alpha value is -1.85. The van der Waals surface area contributed by atoms with Gasteiger partial charge in [-0.3, -0.25) is 4.79 Å². The zero-order valence-electron chi connectivity index (χ0n) is 13.2. The molecule has 2 aromatic rings. The number of ether oxygens (including phenoxy) is 1. The van der Waals surface area contributed by atoms with Gasteiger partial charge in [0.2, 0.25) is 0 Å². The second-order valence-electron chi connectivity index (χ2n) is 6.24. The maximum Gasteiger partial charge on any atom is 0.257 e. The molecule has 2 aromatic carbocycles. The van der Waals surface area contributed by atoms with Crippen LogP contribution in [-0.4, -0.2) is 30.1 Å². The minimum absolute atomic E-state index is 0.0600. The van der Waals surface area contributed by atoms with Gasteiger partial charge in [-0.05, 0) is 42.7 Å². The predicted molar refractivity (Wildman–Crippen MR) is 97.0 cm³/mol. The van der Waals surface area contributed by atoms with E-state index in [2.05, 4.69) is 27.3 Å². The molecule has 124 valence electrons. The Bertz CT molecular complexity index is 759. The lowest BCUT2D eigenvalue weighted by atomic mass is 10.0. The zero-order valence-corrected chi connectivity index (χ0v) is 14.8. The summed E-state index contributed by atoms with van der Waals surface area (Å²) in [7, 11) is 0. The Morgan fingerprint density at radius 3 is 2.88 bits per heavy atom. The number of anilines is 1. The first-order valence-corrected chi connectivity index (χ1v) is 9.05. The standard InChI is InChI=1S/C19H19BrN2O2/c20-14-6-3-5-13(11-14)18-21-17-9-2-1-8-16(17)19(23)22(18)12-15-7-4-10-24-15/h1-3,5-6,8-9,11,15,18,21H,4,7,10,12H2. The SMILES string of the molecule is O=C1c2ccccc2NC(c2cccc(Br)c2)N1CC1CCCO1. The van der Waals surface area contributed by atoms with Gasteiger partial charge >= 0.3 is 0 Å². The van der Waals surface area contributed by atoms with Gasteiger partial charge in [-0.25, -0.2) is 0 Å². The summed E-state index contributed by atoms with van der Waals surface area (Å²) in [4.78, 5) is 15.0. The predicted octanol–water partition coefficient (Wildman–Crippen LogP) is 4.19. The summed E-state index contributed by atoms with van der Waals surface area (Å²) in [6, 6.07) is 15.8. The molecule has 2 aliphatic heterocycles. The fourth-order valence-electron chi connectivity index (χ4n) is 3.43. The van der Waals surface area contributed by atoms with Gasteiger partial charge in [-0.2, -0.15) is 0 Å². The fourth-order valence-corrected chi connectivity index (χ4v) is 3.85. The van der Waals surface area contributed by atoms with E-state index in [9.17, 15) is 4.79 Å². The molecule has 5 heteroatoms. The summed E-state index contributed by atoms with van der Waals surface area (Å²) in [6.07, 6.45) is 2.01. The molecule has 4 nitrogen and oxygen atoms in total. The minimum Gasteiger partial charge on any atom is -0.376 e. The van der Waals surface area contributed by atoms with Crippen LogP contribution in [0.1, 0.15) is 34.9 Å². The van der Waals surface area contributed by atoms with E-state index in [1.165, 1.54) is 0 Å². The number of halogens is 1. The maximum absolute atomic E-state index is 13.1. The van der Waals surface area contributed by atoms with Gasteiger partial charge in [0.1, 0.15) is 6.17 Å². The molecule has 0 aromatic heterocycles. The second kappa shape index (κ2) is 6.57. The van der Waals surface area contributed by atoms with Crippen LogP contribution in [0.5, 0.6) is 0 Å². The minimum atomic E-state index is -0.186. The summed E-state index contributed by atoms with van der Waals surface area (Å²) in [5, 5.41) is 3.52. The molecule has 0 radical (unpaired) electrons. The quantitative estimate of drug-likeness (QED) is 0.859. The van der Waals surface area contributed by atoms with E-state index in [1.54, 1.807) is 0 Å². The van der Waals surface area contributed by atoms with Gasteiger partial charge in [0.05, 0.1) is 11.7 Å². The van der Waals surface area contributed by atoms with Crippen molar-refractivity contribution in [2.24, 2.45) is 0 Å². The van der Waals surface area contributed by atoms with E-state index in [4.69, 9.17) is 4.74 Å². The van der Waals surface area contributed by atoms with Crippen molar-refractivity contribution in [2.75, 3.05) is 18.5 Å². The van der Waals surface area contributed by atoms with Crippen LogP contribution in [-0.2, 0) is 4.74 Å². The lowest BCUT2D eigenvalue weighted by Crippen LogP contribution is -2.46. The number of carbonyl (C=O) groups excluding carboxylic acids is 1. The van der Waals surface area contributed by atoms with Crippen molar-refractivity contribution in [1.29, 1.82) is 0 Å². The van der Waals surface area contributed by atoms with Gasteiger partial charge in [0.15, 0.2) is 0 Å². The molecule has 24 heavy (non-hydrogen) atoms. The molecule has 4 rings (SSSR count). The number of para-hydroxylation sites is 1. The van der Waals surface area contributed by atoms with E-state index in [0.29, 0.717) is 6.54 Å². The zero-order chi connectivity index (χ0) is 16.5. The Morgan fingerprint density at radius 1 is 1.21 bits per heavy atom. The largest absolute Gasteiger partial charge is 0.376 e. The van der Waals surface area contributed by atoms with Crippen LogP contribution in [0.15, 0.2) is 53.0 Å². The first kappa shape index (κ1) is 15.7. The van der Waals surface area contributed by atoms with Crippen molar-refractivity contribution >= 4 is 27.5 Å². The Labute approximate surface area is 149 Å². The molecule has 0 aliphatic carbocycles. The summed E-state index contributed by atoms with van der Waals surface area (Å²) >= 11 is 3.53. The molecule has 0 spiro atoms. The number of amides is 1. The lowest BCUT2D eigenvalue weighted by Gasteiger charge is -2.39. The Morgan fingerprint density at radius 2 is 2.08 bits per heavy atom. The average molecular weight is 387 g/mol. The molecule has 1 saturated heterocycles. The molecule has 0 saturated carbocycles. The Balaban J connectivity index is 1.72. The van der Waals surface area contributed by atoms with E-state index in [0.717, 1.165) is 40.7 Å². The smallest absolute Gasteiger partial charge is 0.257 e. The highest BCUT2D eigenvalue weighted by atomic mass is 79.9. The highest BCUT2D eigenvalue weighted by molar-refractivity contribution is 9.10. The van der Waals surface area contributed by atoms with Gasteiger partial charge in [0.25, 0.3) is 5.91 Å². The highest BCUT2D eigenvalue weighted by Crippen LogP contribution is 2.34. The third-order valence-corrected chi connectivity index (χ3v) is 5.10. The van der Waals surface area contributed by atoms with E-state index < -0.39 is 0 Å². The van der Waals surface area contributed by atoms with Crippen molar-refractivity contribution in [1.82, 2.24) is 4.90 Å². The van der Waals surface area contributed by atoms with Crippen molar-refractivity contribution in [3.05, 3.63) is 64.1 Å². The van der Waals surface area contributed by atoms with E-state index in [-0.39, 0.29) is 18.2 Å². The third-order valence-electron chi connectivity index (χ3n) is 4.61. The monoisotopic (exact) mass is 386 g/mol. The van der Waals surface area contributed by atoms with Crippen LogP contribution >= 0.6 is 15.9 Å². The normalized spacial score (nSPS) is 23.0. The molecule has 2 aliphatic rings. The van der Waals surface area contributed by atoms with Crippen LogP contribution in [0.4, 0.5) is 5.69 Å². The fraction of sp³-hybridized carbons (Fsp3) is 0.316. The van der Waals surface area contributed by atoms with Crippen LogP contribution < -0.4 is 5.32 Å². The third kappa shape index (κ3) is 2.94. The first-order valence-electron chi connectivity index (χ1n) is 8.26. The molecule has 0 bridgehead atoms. The summed E-state index contributed by atoms with van der Waals surface area (Å²) in [5.74, 6) is 0.0600. The van der Waals surface area contributed by atoms with E-state index >= 15 is 0 Å². The van der Waals surface area contributed by atoms with Gasteiger partial charge < -0.3 is 15.0 Å². The van der Waals surface area contributed by atoms with Gasteiger partial charge in [0, 0.05) is 23.3 Å². The number of hydrogen-bond donors (Lipinski definition) is 1. The van der Waals surface area contributed by atoms with Gasteiger partial charge in [-0.1, -0.05) is 40.2 Å². The summed E-state index contributed by atoms with van der Waals surface area (Å²) in [5.41, 5.74) is 2.67. The van der Waals surface area contributed by atoms with Crippen LogP contribution in [0.25, 0.3) is 0 Å². The Kier molecular flexibility index (Phi) is 4.29. The number of rotatable bonds is 3. The topological polar surface area (TPSA) is 41.6 Å². The van der Waals surface area contributed by atoms with E-state index in [1.807, 2.05) is 47.4 Å². The lowest BCUT2D eigenvalue weighted by molar-refractivity contribution is 0.0427. The van der Waals surface area contributed by atoms with Crippen molar-refractivity contribution in [3.8, 4) is 0 Å². The molecule has 2 heterocycles. The van der Waals surface area contributed by atoms with Crippen LogP contribution in [0.2, 0.25) is 0 Å². The molecular formula is C19H19BrN2O2. The van der Waals surface area contributed by atoms with Gasteiger partial charge in [-0.15, -0.1) is 0 Å². The number of nitrogens with zero attached hydrogens (tertiary/aromatic N) is 1. The van der Waals surface area contributed by atoms with Crippen LogP contribution in [0, 0.1) is 0 Å². The molecule has 1 amide bonds. The number of hydrogen-bond acceptors (Lipinski definition) is 3. The number of nitrogens with one attached hydrogen (secondary N) is 1. The van der Waals surface area contributed by atoms with Crippen molar-refractivity contribution in [2.45, 2.75) is 25.1 Å². The van der Waals surface area contributed by atoms with Crippen molar-refractivity contribution in [3.63, 3.8) is 0 Å². The molecular weight excluding hydrogens is 368 g/mol. The highest BCUT2D eigenvalue weighted by Gasteiger charge is 2.35. The molecule has 2 unspecified atom stereocenters. The molecule has 2 atom stereocenters. The summed E-state index contributed by atoms with van der Waals surface area (Å²) < 4.78 is 6.77.